The predicted octanol–water partition coefficient (Wildman–Crippen LogP) is 2.66. The topological polar surface area (TPSA) is 28.4 Å². The molecule has 0 aliphatic carbocycles. The number of hydrogen-bond donors (Lipinski definition) is 1. The first-order chi connectivity index (χ1) is 8.25. The Kier molecular flexibility index (Phi) is 4.63. The summed E-state index contributed by atoms with van der Waals surface area (Å²) < 4.78 is 5.10. The van der Waals surface area contributed by atoms with Gasteiger partial charge < -0.3 is 14.6 Å². The van der Waals surface area contributed by atoms with Gasteiger partial charge in [0.15, 0.2) is 0 Å². The summed E-state index contributed by atoms with van der Waals surface area (Å²) in [4.78, 5) is 2.58. The van der Waals surface area contributed by atoms with E-state index in [4.69, 9.17) is 4.42 Å². The number of nitrogens with zero attached hydrogens (tertiary/aromatic N) is 1. The van der Waals surface area contributed by atoms with Crippen LogP contribution >= 0.6 is 0 Å². The van der Waals surface area contributed by atoms with Crippen molar-refractivity contribution in [2.45, 2.75) is 32.7 Å². The number of likely N-dealkylation sites (tertiary alicyclic amines) is 1. The zero-order valence-electron chi connectivity index (χ0n) is 11.0. The van der Waals surface area contributed by atoms with Gasteiger partial charge in [-0.2, -0.15) is 0 Å². The average molecular weight is 236 g/mol. The molecule has 0 saturated carbocycles. The minimum absolute atomic E-state index is 0.384. The monoisotopic (exact) mass is 236 g/mol. The lowest BCUT2D eigenvalue weighted by molar-refractivity contribution is 0.279. The zero-order valence-corrected chi connectivity index (χ0v) is 11.0. The standard InChI is InChI=1S/C14H24N2O/c1-12(10-16-6-3-4-7-16)9-15-13(2)14-5-8-17-11-14/h5,8,11-13,15H,3-4,6-7,9-10H2,1-2H3. The molecule has 2 heterocycles. The molecule has 1 saturated heterocycles. The summed E-state index contributed by atoms with van der Waals surface area (Å²) in [6.07, 6.45) is 6.32. The van der Waals surface area contributed by atoms with E-state index in [1.54, 1.807) is 6.26 Å². The van der Waals surface area contributed by atoms with Gasteiger partial charge in [-0.15, -0.1) is 0 Å². The lowest BCUT2D eigenvalue weighted by Gasteiger charge is -2.22. The molecule has 2 unspecified atom stereocenters. The summed E-state index contributed by atoms with van der Waals surface area (Å²) in [6, 6.07) is 2.41. The van der Waals surface area contributed by atoms with Gasteiger partial charge in [-0.05, 0) is 51.4 Å². The number of rotatable bonds is 6. The number of furan rings is 1. The highest BCUT2D eigenvalue weighted by Crippen LogP contribution is 2.14. The highest BCUT2D eigenvalue weighted by atomic mass is 16.3. The highest BCUT2D eigenvalue weighted by molar-refractivity contribution is 5.10. The third kappa shape index (κ3) is 3.86. The largest absolute Gasteiger partial charge is 0.472 e. The van der Waals surface area contributed by atoms with Crippen molar-refractivity contribution >= 4 is 0 Å². The van der Waals surface area contributed by atoms with Gasteiger partial charge in [-0.1, -0.05) is 6.92 Å². The van der Waals surface area contributed by atoms with Crippen molar-refractivity contribution in [3.63, 3.8) is 0 Å². The second-order valence-corrected chi connectivity index (χ2v) is 5.30. The van der Waals surface area contributed by atoms with E-state index in [1.807, 2.05) is 12.3 Å². The zero-order chi connectivity index (χ0) is 12.1. The molecular formula is C14H24N2O. The van der Waals surface area contributed by atoms with Crippen LogP contribution < -0.4 is 5.32 Å². The van der Waals surface area contributed by atoms with Crippen molar-refractivity contribution in [1.29, 1.82) is 0 Å². The third-order valence-electron chi connectivity index (χ3n) is 3.58. The van der Waals surface area contributed by atoms with E-state index in [0.29, 0.717) is 12.0 Å². The molecule has 1 aromatic rings. The molecule has 1 aromatic heterocycles. The van der Waals surface area contributed by atoms with Crippen molar-refractivity contribution in [3.05, 3.63) is 24.2 Å². The van der Waals surface area contributed by atoms with Crippen molar-refractivity contribution in [3.8, 4) is 0 Å². The number of nitrogens with one attached hydrogen (secondary N) is 1. The van der Waals surface area contributed by atoms with Gasteiger partial charge in [-0.25, -0.2) is 0 Å². The average Bonchev–Trinajstić information content (AvgIpc) is 2.97. The Morgan fingerprint density at radius 2 is 2.12 bits per heavy atom. The smallest absolute Gasteiger partial charge is 0.0950 e. The van der Waals surface area contributed by atoms with E-state index in [-0.39, 0.29) is 0 Å². The third-order valence-corrected chi connectivity index (χ3v) is 3.58. The quantitative estimate of drug-likeness (QED) is 0.823. The van der Waals surface area contributed by atoms with E-state index in [1.165, 1.54) is 38.0 Å². The Morgan fingerprint density at radius 3 is 2.76 bits per heavy atom. The summed E-state index contributed by atoms with van der Waals surface area (Å²) >= 11 is 0. The van der Waals surface area contributed by atoms with Crippen LogP contribution in [0.15, 0.2) is 23.0 Å². The van der Waals surface area contributed by atoms with E-state index in [0.717, 1.165) is 6.54 Å². The molecule has 17 heavy (non-hydrogen) atoms. The molecule has 3 nitrogen and oxygen atoms in total. The maximum atomic E-state index is 5.10. The van der Waals surface area contributed by atoms with E-state index in [9.17, 15) is 0 Å². The van der Waals surface area contributed by atoms with Crippen LogP contribution in [0, 0.1) is 5.92 Å². The van der Waals surface area contributed by atoms with Crippen LogP contribution in [0.1, 0.15) is 38.3 Å². The first-order valence-corrected chi connectivity index (χ1v) is 6.73. The maximum absolute atomic E-state index is 5.10. The fraction of sp³-hybridized carbons (Fsp3) is 0.714. The van der Waals surface area contributed by atoms with Crippen molar-refractivity contribution in [1.82, 2.24) is 10.2 Å². The minimum atomic E-state index is 0.384. The summed E-state index contributed by atoms with van der Waals surface area (Å²) in [7, 11) is 0. The van der Waals surface area contributed by atoms with Crippen molar-refractivity contribution in [2.75, 3.05) is 26.2 Å². The molecule has 0 bridgehead atoms. The van der Waals surface area contributed by atoms with Gasteiger partial charge in [0.25, 0.3) is 0 Å². The van der Waals surface area contributed by atoms with Gasteiger partial charge >= 0.3 is 0 Å². The molecule has 1 aliphatic rings. The molecule has 2 atom stereocenters. The van der Waals surface area contributed by atoms with E-state index >= 15 is 0 Å². The van der Waals surface area contributed by atoms with Crippen LogP contribution in [0.3, 0.4) is 0 Å². The Hall–Kier alpha value is -0.800. The molecule has 1 N–H and O–H groups in total. The molecule has 1 fully saturated rings. The molecule has 2 rings (SSSR count). The summed E-state index contributed by atoms with van der Waals surface area (Å²) in [5.41, 5.74) is 1.23. The van der Waals surface area contributed by atoms with Gasteiger partial charge in [-0.3, -0.25) is 0 Å². The second-order valence-electron chi connectivity index (χ2n) is 5.30. The van der Waals surface area contributed by atoms with Crippen LogP contribution in [0.5, 0.6) is 0 Å². The first-order valence-electron chi connectivity index (χ1n) is 6.73. The fourth-order valence-electron chi connectivity index (χ4n) is 2.49. The van der Waals surface area contributed by atoms with E-state index < -0.39 is 0 Å². The van der Waals surface area contributed by atoms with E-state index in [2.05, 4.69) is 24.1 Å². The normalized spacial score (nSPS) is 20.6. The minimum Gasteiger partial charge on any atom is -0.472 e. The molecule has 0 spiro atoms. The SMILES string of the molecule is CC(CNC(C)c1ccoc1)CN1CCCC1. The molecule has 96 valence electrons. The van der Waals surface area contributed by atoms with Crippen LogP contribution in [-0.2, 0) is 0 Å². The summed E-state index contributed by atoms with van der Waals surface area (Å²) in [5.74, 6) is 0.711. The molecule has 3 heteroatoms. The Balaban J connectivity index is 1.66. The van der Waals surface area contributed by atoms with Crippen LogP contribution in [0.25, 0.3) is 0 Å². The predicted molar refractivity (Wildman–Crippen MR) is 70.0 cm³/mol. The van der Waals surface area contributed by atoms with Gasteiger partial charge in [0, 0.05) is 18.2 Å². The Morgan fingerprint density at radius 1 is 1.35 bits per heavy atom. The molecular weight excluding hydrogens is 212 g/mol. The van der Waals surface area contributed by atoms with Crippen molar-refractivity contribution in [2.24, 2.45) is 5.92 Å². The van der Waals surface area contributed by atoms with Gasteiger partial charge in [0.1, 0.15) is 0 Å². The molecule has 1 aliphatic heterocycles. The first kappa shape index (κ1) is 12.7. The highest BCUT2D eigenvalue weighted by Gasteiger charge is 2.15. The molecule has 0 amide bonds. The summed E-state index contributed by atoms with van der Waals surface area (Å²) in [6.45, 7) is 9.40. The molecule has 0 aromatic carbocycles. The van der Waals surface area contributed by atoms with Gasteiger partial charge in [0.2, 0.25) is 0 Å². The Bertz CT molecular complexity index is 304. The van der Waals surface area contributed by atoms with Crippen molar-refractivity contribution < 1.29 is 4.42 Å². The maximum Gasteiger partial charge on any atom is 0.0950 e. The fourth-order valence-corrected chi connectivity index (χ4v) is 2.49. The lowest BCUT2D eigenvalue weighted by atomic mass is 10.1. The summed E-state index contributed by atoms with van der Waals surface area (Å²) in [5, 5.41) is 3.57. The van der Waals surface area contributed by atoms with Crippen LogP contribution in [0.4, 0.5) is 0 Å². The Labute approximate surface area is 104 Å². The molecule has 0 radical (unpaired) electrons. The number of hydrogen-bond acceptors (Lipinski definition) is 3. The second kappa shape index (κ2) is 6.22. The van der Waals surface area contributed by atoms with Gasteiger partial charge in [0.05, 0.1) is 12.5 Å². The van der Waals surface area contributed by atoms with Crippen LogP contribution in [0.2, 0.25) is 0 Å². The lowest BCUT2D eigenvalue weighted by Crippen LogP contribution is -2.32. The van der Waals surface area contributed by atoms with Crippen LogP contribution in [-0.4, -0.2) is 31.1 Å².